The number of carbonyl (C=O) groups excluding carboxylic acids is 1. The van der Waals surface area contributed by atoms with Crippen LogP contribution in [0, 0.1) is 11.8 Å². The number of rotatable bonds is 3. The van der Waals surface area contributed by atoms with Gasteiger partial charge in [-0.05, 0) is 5.92 Å². The van der Waals surface area contributed by atoms with Crippen molar-refractivity contribution in [3.05, 3.63) is 5.92 Å². The first-order valence-corrected chi connectivity index (χ1v) is 3.90. The molecule has 1 amide bonds. The minimum Gasteiger partial charge on any atom is -0.369 e. The molecule has 3 heteroatoms. The summed E-state index contributed by atoms with van der Waals surface area (Å²) in [6.45, 7) is 6.89. The summed E-state index contributed by atoms with van der Waals surface area (Å²) in [7, 11) is 0. The normalized spacial score (nSPS) is 20.3. The van der Waals surface area contributed by atoms with E-state index in [9.17, 15) is 4.79 Å². The highest BCUT2D eigenvalue weighted by atomic mass is 16.1. The summed E-state index contributed by atoms with van der Waals surface area (Å²) in [5.74, 6) is 1.33. The van der Waals surface area contributed by atoms with Gasteiger partial charge in [-0.25, -0.2) is 0 Å². The number of hydrogen-bond donors (Lipinski definition) is 1. The average molecular weight is 155 g/mol. The second-order valence-electron chi connectivity index (χ2n) is 3.50. The fraction of sp³-hybridized carbons (Fsp3) is 0.750. The van der Waals surface area contributed by atoms with Gasteiger partial charge in [-0.1, -0.05) is 13.8 Å². The predicted molar refractivity (Wildman–Crippen MR) is 43.7 cm³/mol. The molecule has 11 heavy (non-hydrogen) atoms. The molecule has 0 aliphatic carbocycles. The number of nitrogens with two attached hydrogens (primary N) is 1. The van der Waals surface area contributed by atoms with Gasteiger partial charge in [-0.15, -0.1) is 0 Å². The zero-order valence-corrected chi connectivity index (χ0v) is 7.13. The van der Waals surface area contributed by atoms with Crippen LogP contribution in [0.25, 0.3) is 0 Å². The van der Waals surface area contributed by atoms with E-state index in [1.165, 1.54) is 5.92 Å². The zero-order valence-electron chi connectivity index (χ0n) is 7.13. The summed E-state index contributed by atoms with van der Waals surface area (Å²) in [5.41, 5.74) is 5.12. The van der Waals surface area contributed by atoms with Crippen LogP contribution >= 0.6 is 0 Å². The number of carbonyl (C=O) groups is 1. The van der Waals surface area contributed by atoms with Crippen LogP contribution in [0.3, 0.4) is 0 Å². The van der Waals surface area contributed by atoms with Gasteiger partial charge in [0.25, 0.3) is 0 Å². The Bertz CT molecular complexity index is 150. The first-order chi connectivity index (χ1) is 5.09. The van der Waals surface area contributed by atoms with E-state index in [0.29, 0.717) is 0 Å². The van der Waals surface area contributed by atoms with Crippen LogP contribution in [-0.4, -0.2) is 30.4 Å². The lowest BCUT2D eigenvalue weighted by Gasteiger charge is -2.38. The molecule has 1 aliphatic heterocycles. The minimum absolute atomic E-state index is 0.106. The monoisotopic (exact) mass is 155 g/mol. The van der Waals surface area contributed by atoms with Gasteiger partial charge in [-0.2, -0.15) is 0 Å². The number of likely N-dealkylation sites (tertiary alicyclic amines) is 1. The number of amides is 1. The molecule has 0 spiro atoms. The van der Waals surface area contributed by atoms with Gasteiger partial charge in [0.15, 0.2) is 0 Å². The largest absolute Gasteiger partial charge is 0.369 e. The Kier molecular flexibility index (Phi) is 2.49. The molecule has 0 saturated carbocycles. The summed E-state index contributed by atoms with van der Waals surface area (Å²) in [4.78, 5) is 12.8. The van der Waals surface area contributed by atoms with Crippen LogP contribution in [0.2, 0.25) is 0 Å². The van der Waals surface area contributed by atoms with Crippen LogP contribution in [0.5, 0.6) is 0 Å². The quantitative estimate of drug-likeness (QED) is 0.624. The molecule has 1 fully saturated rings. The maximum Gasteiger partial charge on any atom is 0.223 e. The maximum absolute atomic E-state index is 10.6. The van der Waals surface area contributed by atoms with Crippen LogP contribution in [0.1, 0.15) is 13.8 Å². The second kappa shape index (κ2) is 3.22. The molecule has 0 unspecified atom stereocenters. The first-order valence-electron chi connectivity index (χ1n) is 3.90. The molecule has 3 nitrogen and oxygen atoms in total. The van der Waals surface area contributed by atoms with Gasteiger partial charge in [0, 0.05) is 19.6 Å². The number of primary amides is 1. The summed E-state index contributed by atoms with van der Waals surface area (Å²) in [6.07, 6.45) is 0. The van der Waals surface area contributed by atoms with Gasteiger partial charge in [-0.3, -0.25) is 4.79 Å². The molecule has 1 radical (unpaired) electrons. The van der Waals surface area contributed by atoms with Crippen molar-refractivity contribution >= 4 is 5.91 Å². The van der Waals surface area contributed by atoms with Gasteiger partial charge < -0.3 is 10.6 Å². The van der Waals surface area contributed by atoms with E-state index in [0.717, 1.165) is 19.6 Å². The van der Waals surface area contributed by atoms with Crippen LogP contribution in [0.15, 0.2) is 0 Å². The summed E-state index contributed by atoms with van der Waals surface area (Å²) in [6, 6.07) is 0. The molecule has 0 atom stereocenters. The molecule has 1 heterocycles. The molecule has 1 aliphatic rings. The van der Waals surface area contributed by atoms with Crippen molar-refractivity contribution in [3.63, 3.8) is 0 Å². The standard InChI is InChI=1S/C8H15N2O/c1-6(2)3-10-4-7(5-10)8(9)11/h7H,3-5H2,1-2H3,(H2,9,11). The van der Waals surface area contributed by atoms with Crippen LogP contribution in [0.4, 0.5) is 0 Å². The Balaban J connectivity index is 2.14. The molecular weight excluding hydrogens is 140 g/mol. The lowest BCUT2D eigenvalue weighted by molar-refractivity contribution is -0.126. The summed E-state index contributed by atoms with van der Waals surface area (Å²) in [5, 5.41) is 0. The minimum atomic E-state index is -0.157. The Morgan fingerprint density at radius 3 is 2.45 bits per heavy atom. The molecule has 63 valence electrons. The van der Waals surface area contributed by atoms with E-state index in [4.69, 9.17) is 5.73 Å². The van der Waals surface area contributed by atoms with Crippen LogP contribution < -0.4 is 5.73 Å². The highest BCUT2D eigenvalue weighted by Gasteiger charge is 2.30. The van der Waals surface area contributed by atoms with Gasteiger partial charge in [0.2, 0.25) is 5.91 Å². The molecular formula is C8H15N2O. The zero-order chi connectivity index (χ0) is 8.43. The van der Waals surface area contributed by atoms with E-state index in [2.05, 4.69) is 18.7 Å². The van der Waals surface area contributed by atoms with Crippen molar-refractivity contribution in [2.45, 2.75) is 13.8 Å². The van der Waals surface area contributed by atoms with Crippen molar-refractivity contribution in [1.29, 1.82) is 0 Å². The fourth-order valence-corrected chi connectivity index (χ4v) is 1.33. The lowest BCUT2D eigenvalue weighted by Crippen LogP contribution is -2.53. The maximum atomic E-state index is 10.6. The van der Waals surface area contributed by atoms with Gasteiger partial charge >= 0.3 is 0 Å². The third-order valence-corrected chi connectivity index (χ3v) is 1.90. The molecule has 0 aromatic heterocycles. The lowest BCUT2D eigenvalue weighted by atomic mass is 9.98. The topological polar surface area (TPSA) is 46.3 Å². The summed E-state index contributed by atoms with van der Waals surface area (Å²) < 4.78 is 0. The third-order valence-electron chi connectivity index (χ3n) is 1.90. The van der Waals surface area contributed by atoms with Crippen molar-refractivity contribution in [3.8, 4) is 0 Å². The van der Waals surface area contributed by atoms with Crippen LogP contribution in [-0.2, 0) is 4.79 Å². The number of hydrogen-bond acceptors (Lipinski definition) is 2. The van der Waals surface area contributed by atoms with Crippen molar-refractivity contribution < 1.29 is 4.79 Å². The van der Waals surface area contributed by atoms with E-state index in [1.807, 2.05) is 0 Å². The highest BCUT2D eigenvalue weighted by Crippen LogP contribution is 2.16. The van der Waals surface area contributed by atoms with Crippen molar-refractivity contribution in [2.75, 3.05) is 19.6 Å². The molecule has 0 bridgehead atoms. The van der Waals surface area contributed by atoms with E-state index < -0.39 is 0 Å². The van der Waals surface area contributed by atoms with Gasteiger partial charge in [0.1, 0.15) is 0 Å². The van der Waals surface area contributed by atoms with Gasteiger partial charge in [0.05, 0.1) is 5.92 Å². The Hall–Kier alpha value is -0.570. The molecule has 0 aromatic rings. The highest BCUT2D eigenvalue weighted by molar-refractivity contribution is 5.78. The SMILES string of the molecule is C[C](C)CN1CC(C(N)=O)C1. The van der Waals surface area contributed by atoms with E-state index in [1.54, 1.807) is 0 Å². The van der Waals surface area contributed by atoms with Crippen molar-refractivity contribution in [2.24, 2.45) is 11.7 Å². The Labute approximate surface area is 67.5 Å². The fourth-order valence-electron chi connectivity index (χ4n) is 1.33. The van der Waals surface area contributed by atoms with E-state index in [-0.39, 0.29) is 11.8 Å². The third kappa shape index (κ3) is 2.19. The molecule has 1 rings (SSSR count). The second-order valence-corrected chi connectivity index (χ2v) is 3.50. The Morgan fingerprint density at radius 1 is 1.55 bits per heavy atom. The Morgan fingerprint density at radius 2 is 2.09 bits per heavy atom. The van der Waals surface area contributed by atoms with Crippen molar-refractivity contribution in [1.82, 2.24) is 4.90 Å². The van der Waals surface area contributed by atoms with E-state index >= 15 is 0 Å². The molecule has 0 aromatic carbocycles. The average Bonchev–Trinajstić information content (AvgIpc) is 1.75. The first kappa shape index (κ1) is 8.53. The molecule has 1 saturated heterocycles. The smallest absolute Gasteiger partial charge is 0.223 e. The predicted octanol–water partition coefficient (Wildman–Crippen LogP) is 0.0178. The number of nitrogens with zero attached hydrogens (tertiary/aromatic N) is 1. The molecule has 2 N–H and O–H groups in total. The summed E-state index contributed by atoms with van der Waals surface area (Å²) >= 11 is 0.